The van der Waals surface area contributed by atoms with E-state index in [9.17, 15) is 4.79 Å². The molecule has 1 amide bonds. The molecular formula is C8H12N4O. The fourth-order valence-electron chi connectivity index (χ4n) is 1.09. The van der Waals surface area contributed by atoms with E-state index in [1.807, 2.05) is 0 Å². The van der Waals surface area contributed by atoms with Crippen molar-refractivity contribution in [2.45, 2.75) is 6.54 Å². The number of H-pyrrole nitrogens is 1. The summed E-state index contributed by atoms with van der Waals surface area (Å²) in [6.07, 6.45) is 1.66. The first-order chi connectivity index (χ1) is 6.24. The van der Waals surface area contributed by atoms with E-state index < -0.39 is 0 Å². The molecule has 0 aliphatic rings. The summed E-state index contributed by atoms with van der Waals surface area (Å²) >= 11 is 0. The molecule has 0 unspecified atom stereocenters. The summed E-state index contributed by atoms with van der Waals surface area (Å²) in [4.78, 5) is 17.8. The van der Waals surface area contributed by atoms with Gasteiger partial charge in [-0.3, -0.25) is 9.79 Å². The lowest BCUT2D eigenvalue weighted by Gasteiger charge is -1.98. The number of aliphatic imine (C=N–C) groups is 1. The molecule has 1 aromatic heterocycles. The van der Waals surface area contributed by atoms with Crippen LogP contribution in [0.15, 0.2) is 11.2 Å². The number of aromatic nitrogens is 1. The highest BCUT2D eigenvalue weighted by Crippen LogP contribution is 2.22. The van der Waals surface area contributed by atoms with Gasteiger partial charge in [-0.1, -0.05) is 0 Å². The summed E-state index contributed by atoms with van der Waals surface area (Å²) in [5, 5.41) is 2.49. The zero-order valence-corrected chi connectivity index (χ0v) is 7.42. The molecule has 13 heavy (non-hydrogen) atoms. The van der Waals surface area contributed by atoms with Crippen LogP contribution in [0.1, 0.15) is 16.1 Å². The fourth-order valence-corrected chi connectivity index (χ4v) is 1.09. The van der Waals surface area contributed by atoms with Crippen LogP contribution in [0.25, 0.3) is 0 Å². The largest absolute Gasteiger partial charge is 0.355 e. The zero-order valence-electron chi connectivity index (χ0n) is 7.42. The standard InChI is InChI=1S/C8H12N4O/c1-10-6-5(3-9)4-12-7(6)8(13)11-2/h4,12H,1,3,9H2,2H3,(H,11,13). The number of nitrogens with zero attached hydrogens (tertiary/aromatic N) is 1. The summed E-state index contributed by atoms with van der Waals surface area (Å²) in [7, 11) is 1.55. The Balaban J connectivity index is 3.15. The van der Waals surface area contributed by atoms with Gasteiger partial charge >= 0.3 is 0 Å². The summed E-state index contributed by atoms with van der Waals surface area (Å²) in [6, 6.07) is 0. The minimum Gasteiger partial charge on any atom is -0.355 e. The molecule has 1 rings (SSSR count). The average molecular weight is 180 g/mol. The number of hydrogen-bond acceptors (Lipinski definition) is 3. The summed E-state index contributed by atoms with van der Waals surface area (Å²) in [6.45, 7) is 3.72. The zero-order chi connectivity index (χ0) is 9.84. The Morgan fingerprint density at radius 3 is 3.00 bits per heavy atom. The van der Waals surface area contributed by atoms with Gasteiger partial charge in [0.1, 0.15) is 5.69 Å². The quantitative estimate of drug-likeness (QED) is 0.579. The van der Waals surface area contributed by atoms with Crippen molar-refractivity contribution >= 4 is 18.3 Å². The molecule has 1 heterocycles. The third kappa shape index (κ3) is 1.59. The Kier molecular flexibility index (Phi) is 2.81. The van der Waals surface area contributed by atoms with Gasteiger partial charge in [-0.25, -0.2) is 0 Å². The van der Waals surface area contributed by atoms with Crippen molar-refractivity contribution in [3.8, 4) is 0 Å². The second-order valence-electron chi connectivity index (χ2n) is 2.48. The maximum atomic E-state index is 11.3. The summed E-state index contributed by atoms with van der Waals surface area (Å²) < 4.78 is 0. The van der Waals surface area contributed by atoms with E-state index in [0.717, 1.165) is 5.56 Å². The molecule has 0 aliphatic carbocycles. The molecule has 0 saturated heterocycles. The van der Waals surface area contributed by atoms with E-state index in [1.54, 1.807) is 13.2 Å². The molecule has 0 saturated carbocycles. The molecule has 0 spiro atoms. The Hall–Kier alpha value is -1.62. The van der Waals surface area contributed by atoms with Crippen molar-refractivity contribution in [1.82, 2.24) is 10.3 Å². The van der Waals surface area contributed by atoms with Crippen molar-refractivity contribution in [3.05, 3.63) is 17.5 Å². The lowest BCUT2D eigenvalue weighted by atomic mass is 10.2. The first kappa shape index (κ1) is 9.47. The Labute approximate surface area is 76.0 Å². The van der Waals surface area contributed by atoms with Gasteiger partial charge in [0.15, 0.2) is 0 Å². The fraction of sp³-hybridized carbons (Fsp3) is 0.250. The van der Waals surface area contributed by atoms with Crippen molar-refractivity contribution in [3.63, 3.8) is 0 Å². The van der Waals surface area contributed by atoms with Crippen LogP contribution in [0.2, 0.25) is 0 Å². The highest BCUT2D eigenvalue weighted by Gasteiger charge is 2.13. The molecule has 4 N–H and O–H groups in total. The molecule has 5 nitrogen and oxygen atoms in total. The molecule has 1 aromatic rings. The third-order valence-corrected chi connectivity index (χ3v) is 1.76. The first-order valence-electron chi connectivity index (χ1n) is 3.83. The monoisotopic (exact) mass is 180 g/mol. The number of carbonyl (C=O) groups is 1. The number of rotatable bonds is 3. The Bertz CT molecular complexity index is 329. The maximum absolute atomic E-state index is 11.3. The van der Waals surface area contributed by atoms with Gasteiger partial charge in [0, 0.05) is 25.4 Å². The normalized spacial score (nSPS) is 9.69. The van der Waals surface area contributed by atoms with Crippen LogP contribution in [-0.2, 0) is 6.54 Å². The molecule has 0 atom stereocenters. The van der Waals surface area contributed by atoms with Crippen molar-refractivity contribution in [1.29, 1.82) is 0 Å². The highest BCUT2D eigenvalue weighted by atomic mass is 16.1. The van der Waals surface area contributed by atoms with Crippen molar-refractivity contribution < 1.29 is 4.79 Å². The Morgan fingerprint density at radius 2 is 2.54 bits per heavy atom. The second kappa shape index (κ2) is 3.86. The summed E-state index contributed by atoms with van der Waals surface area (Å²) in [5.41, 5.74) is 7.16. The maximum Gasteiger partial charge on any atom is 0.269 e. The molecule has 0 fully saturated rings. The van der Waals surface area contributed by atoms with Crippen LogP contribution >= 0.6 is 0 Å². The lowest BCUT2D eigenvalue weighted by molar-refractivity contribution is 0.0959. The molecule has 0 aromatic carbocycles. The molecule has 5 heteroatoms. The Morgan fingerprint density at radius 1 is 1.85 bits per heavy atom. The molecule has 0 radical (unpaired) electrons. The van der Waals surface area contributed by atoms with E-state index in [0.29, 0.717) is 17.9 Å². The van der Waals surface area contributed by atoms with Crippen LogP contribution in [-0.4, -0.2) is 24.7 Å². The van der Waals surface area contributed by atoms with Gasteiger partial charge in [-0.05, 0) is 6.72 Å². The molecule has 0 aliphatic heterocycles. The van der Waals surface area contributed by atoms with Gasteiger partial charge in [-0.15, -0.1) is 0 Å². The van der Waals surface area contributed by atoms with Crippen LogP contribution in [0.5, 0.6) is 0 Å². The van der Waals surface area contributed by atoms with Gasteiger partial charge in [0.05, 0.1) is 5.69 Å². The molecule has 70 valence electrons. The number of aromatic amines is 1. The van der Waals surface area contributed by atoms with E-state index in [1.165, 1.54) is 0 Å². The van der Waals surface area contributed by atoms with E-state index in [2.05, 4.69) is 22.0 Å². The molecule has 0 bridgehead atoms. The summed E-state index contributed by atoms with van der Waals surface area (Å²) in [5.74, 6) is -0.220. The predicted octanol–water partition coefficient (Wildman–Crippen LogP) is 0.165. The van der Waals surface area contributed by atoms with Gasteiger partial charge in [0.2, 0.25) is 0 Å². The van der Waals surface area contributed by atoms with Crippen molar-refractivity contribution in [2.24, 2.45) is 10.7 Å². The smallest absolute Gasteiger partial charge is 0.269 e. The predicted molar refractivity (Wildman–Crippen MR) is 51.3 cm³/mol. The van der Waals surface area contributed by atoms with Crippen LogP contribution in [0, 0.1) is 0 Å². The minimum absolute atomic E-state index is 0.220. The van der Waals surface area contributed by atoms with Gasteiger partial charge in [0.25, 0.3) is 5.91 Å². The van der Waals surface area contributed by atoms with Crippen LogP contribution < -0.4 is 11.1 Å². The van der Waals surface area contributed by atoms with Crippen molar-refractivity contribution in [2.75, 3.05) is 7.05 Å². The highest BCUT2D eigenvalue weighted by molar-refractivity contribution is 5.98. The molecular weight excluding hydrogens is 168 g/mol. The van der Waals surface area contributed by atoms with Gasteiger partial charge in [-0.2, -0.15) is 0 Å². The lowest BCUT2D eigenvalue weighted by Crippen LogP contribution is -2.18. The second-order valence-corrected chi connectivity index (χ2v) is 2.48. The number of hydrogen-bond donors (Lipinski definition) is 3. The minimum atomic E-state index is -0.220. The van der Waals surface area contributed by atoms with E-state index in [4.69, 9.17) is 5.73 Å². The number of nitrogens with one attached hydrogen (secondary N) is 2. The van der Waals surface area contributed by atoms with Crippen LogP contribution in [0.3, 0.4) is 0 Å². The van der Waals surface area contributed by atoms with Gasteiger partial charge < -0.3 is 16.0 Å². The third-order valence-electron chi connectivity index (χ3n) is 1.76. The number of carbonyl (C=O) groups excluding carboxylic acids is 1. The number of amides is 1. The van der Waals surface area contributed by atoms with E-state index in [-0.39, 0.29) is 5.91 Å². The average Bonchev–Trinajstić information content (AvgIpc) is 2.58. The van der Waals surface area contributed by atoms with E-state index >= 15 is 0 Å². The topological polar surface area (TPSA) is 83.3 Å². The van der Waals surface area contributed by atoms with Crippen LogP contribution in [0.4, 0.5) is 5.69 Å². The first-order valence-corrected chi connectivity index (χ1v) is 3.83. The SMILES string of the molecule is C=Nc1c(CN)c[nH]c1C(=O)NC. The number of nitrogens with two attached hydrogens (primary N) is 1.